The molecule has 1 aliphatic rings. The lowest BCUT2D eigenvalue weighted by Gasteiger charge is -2.22. The number of halogens is 3. The van der Waals surface area contributed by atoms with Gasteiger partial charge in [0, 0.05) is 16.3 Å². The second kappa shape index (κ2) is 8.05. The highest BCUT2D eigenvalue weighted by Gasteiger charge is 2.27. The Morgan fingerprint density at radius 2 is 1.88 bits per heavy atom. The Labute approximate surface area is 158 Å². The minimum Gasteiger partial charge on any atom is -0.435 e. The predicted octanol–water partition coefficient (Wildman–Crippen LogP) is 5.08. The first-order chi connectivity index (χ1) is 12.4. The Bertz CT molecular complexity index is 813. The lowest BCUT2D eigenvalue weighted by atomic mass is 10.2. The molecule has 0 aromatic heterocycles. The minimum absolute atomic E-state index is 0.00389. The summed E-state index contributed by atoms with van der Waals surface area (Å²) in [5.41, 5.74) is 0.970. The van der Waals surface area contributed by atoms with Crippen LogP contribution in [0.3, 0.4) is 0 Å². The lowest BCUT2D eigenvalue weighted by molar-refractivity contribution is -0.0498. The van der Waals surface area contributed by atoms with Gasteiger partial charge in [-0.05, 0) is 55.5 Å². The highest BCUT2D eigenvalue weighted by Crippen LogP contribution is 2.28. The van der Waals surface area contributed by atoms with Crippen molar-refractivity contribution < 1.29 is 18.3 Å². The molecule has 3 rings (SSSR count). The van der Waals surface area contributed by atoms with Gasteiger partial charge in [0.1, 0.15) is 5.75 Å². The third kappa shape index (κ3) is 4.34. The van der Waals surface area contributed by atoms with Crippen molar-refractivity contribution in [2.45, 2.75) is 19.6 Å². The van der Waals surface area contributed by atoms with Gasteiger partial charge in [-0.1, -0.05) is 23.4 Å². The van der Waals surface area contributed by atoms with E-state index in [1.807, 2.05) is 6.92 Å². The van der Waals surface area contributed by atoms with Gasteiger partial charge in [0.2, 0.25) is 0 Å². The molecule has 0 bridgehead atoms. The van der Waals surface area contributed by atoms with Crippen LogP contribution in [0, 0.1) is 0 Å². The number of aliphatic imine (C=N–C) groups is 1. The third-order valence-electron chi connectivity index (χ3n) is 3.59. The van der Waals surface area contributed by atoms with Crippen LogP contribution in [0.15, 0.2) is 53.5 Å². The molecule has 4 nitrogen and oxygen atoms in total. The summed E-state index contributed by atoms with van der Waals surface area (Å²) >= 11 is 7.43. The maximum absolute atomic E-state index is 13.1. The third-order valence-corrected chi connectivity index (χ3v) is 5.04. The van der Waals surface area contributed by atoms with Gasteiger partial charge in [-0.15, -0.1) is 0 Å². The SMILES string of the molecule is C[C@@H]1CSC(N(C(=O)c2ccc(OC(F)F)cc2)c2ccc(Cl)cc2)=N1. The van der Waals surface area contributed by atoms with E-state index >= 15 is 0 Å². The van der Waals surface area contributed by atoms with Crippen LogP contribution >= 0.6 is 23.4 Å². The quantitative estimate of drug-likeness (QED) is 0.723. The first kappa shape index (κ1) is 18.7. The molecule has 2 aromatic rings. The number of thioether (sulfide) groups is 1. The van der Waals surface area contributed by atoms with Crippen molar-refractivity contribution in [2.75, 3.05) is 10.7 Å². The van der Waals surface area contributed by atoms with Gasteiger partial charge in [0.05, 0.1) is 11.7 Å². The van der Waals surface area contributed by atoms with E-state index in [0.717, 1.165) is 5.75 Å². The van der Waals surface area contributed by atoms with Gasteiger partial charge in [-0.3, -0.25) is 14.7 Å². The maximum Gasteiger partial charge on any atom is 0.387 e. The van der Waals surface area contributed by atoms with Crippen LogP contribution in [-0.2, 0) is 0 Å². The Kier molecular flexibility index (Phi) is 5.78. The average Bonchev–Trinajstić information content (AvgIpc) is 3.03. The Morgan fingerprint density at radius 3 is 2.42 bits per heavy atom. The van der Waals surface area contributed by atoms with E-state index < -0.39 is 6.61 Å². The summed E-state index contributed by atoms with van der Waals surface area (Å²) in [4.78, 5) is 19.1. The summed E-state index contributed by atoms with van der Waals surface area (Å²) in [5, 5.41) is 1.15. The van der Waals surface area contributed by atoms with Crippen molar-refractivity contribution in [1.82, 2.24) is 0 Å². The molecule has 1 aliphatic heterocycles. The predicted molar refractivity (Wildman–Crippen MR) is 101 cm³/mol. The number of anilines is 1. The number of amidine groups is 1. The summed E-state index contributed by atoms with van der Waals surface area (Å²) in [7, 11) is 0. The van der Waals surface area contributed by atoms with Crippen LogP contribution < -0.4 is 9.64 Å². The molecular formula is C18H15ClF2N2O2S. The molecule has 8 heteroatoms. The minimum atomic E-state index is -2.91. The molecule has 0 radical (unpaired) electrons. The Hall–Kier alpha value is -2.12. The van der Waals surface area contributed by atoms with Crippen molar-refractivity contribution >= 4 is 40.1 Å². The number of carbonyl (C=O) groups excluding carboxylic acids is 1. The van der Waals surface area contributed by atoms with E-state index in [0.29, 0.717) is 21.4 Å². The molecule has 26 heavy (non-hydrogen) atoms. The van der Waals surface area contributed by atoms with Crippen molar-refractivity contribution in [2.24, 2.45) is 4.99 Å². The highest BCUT2D eigenvalue weighted by molar-refractivity contribution is 8.14. The Morgan fingerprint density at radius 1 is 1.23 bits per heavy atom. The molecule has 0 N–H and O–H groups in total. The van der Waals surface area contributed by atoms with E-state index in [2.05, 4.69) is 9.73 Å². The fourth-order valence-corrected chi connectivity index (χ4v) is 3.56. The van der Waals surface area contributed by atoms with Gasteiger partial charge in [0.25, 0.3) is 5.91 Å². The van der Waals surface area contributed by atoms with E-state index in [9.17, 15) is 13.6 Å². The number of amides is 1. The van der Waals surface area contributed by atoms with Gasteiger partial charge in [-0.25, -0.2) is 0 Å². The standard InChI is InChI=1S/C18H15ClF2N2O2S/c1-11-10-26-18(22-11)23(14-6-4-13(19)5-7-14)16(24)12-2-8-15(9-3-12)25-17(20)21/h2-9,11,17H,10H2,1H3/t11-/m1/s1. The number of carbonyl (C=O) groups is 1. The summed E-state index contributed by atoms with van der Waals surface area (Å²) in [6.45, 7) is -0.936. The van der Waals surface area contributed by atoms with Crippen molar-refractivity contribution in [3.05, 3.63) is 59.1 Å². The van der Waals surface area contributed by atoms with E-state index in [-0.39, 0.29) is 17.7 Å². The largest absolute Gasteiger partial charge is 0.435 e. The molecule has 0 spiro atoms. The molecule has 136 valence electrons. The van der Waals surface area contributed by atoms with Crippen LogP contribution in [0.1, 0.15) is 17.3 Å². The second-order valence-corrected chi connectivity index (χ2v) is 7.02. The number of nitrogens with zero attached hydrogens (tertiary/aromatic N) is 2. The normalized spacial score (nSPS) is 16.5. The monoisotopic (exact) mass is 396 g/mol. The molecular weight excluding hydrogens is 382 g/mol. The zero-order valence-corrected chi connectivity index (χ0v) is 15.3. The Balaban J connectivity index is 1.92. The molecule has 1 amide bonds. The second-order valence-electron chi connectivity index (χ2n) is 5.59. The van der Waals surface area contributed by atoms with Gasteiger partial charge < -0.3 is 4.74 Å². The summed E-state index contributed by atoms with van der Waals surface area (Å²) < 4.78 is 28.9. The van der Waals surface area contributed by atoms with E-state index in [4.69, 9.17) is 11.6 Å². The molecule has 0 fully saturated rings. The van der Waals surface area contributed by atoms with Gasteiger partial charge in [-0.2, -0.15) is 8.78 Å². The lowest BCUT2D eigenvalue weighted by Crippen LogP contribution is -2.34. The first-order valence-corrected chi connectivity index (χ1v) is 9.16. The number of benzene rings is 2. The molecule has 1 atom stereocenters. The molecule has 1 heterocycles. The molecule has 2 aromatic carbocycles. The zero-order chi connectivity index (χ0) is 18.7. The van der Waals surface area contributed by atoms with Crippen LogP contribution in [0.4, 0.5) is 14.5 Å². The van der Waals surface area contributed by atoms with Crippen molar-refractivity contribution in [3.63, 3.8) is 0 Å². The van der Waals surface area contributed by atoms with E-state index in [1.165, 1.54) is 40.9 Å². The smallest absolute Gasteiger partial charge is 0.387 e. The van der Waals surface area contributed by atoms with Crippen LogP contribution in [-0.4, -0.2) is 29.5 Å². The maximum atomic E-state index is 13.1. The summed E-state index contributed by atoms with van der Waals surface area (Å²) in [6, 6.07) is 12.6. The highest BCUT2D eigenvalue weighted by atomic mass is 35.5. The zero-order valence-electron chi connectivity index (χ0n) is 13.7. The van der Waals surface area contributed by atoms with Crippen molar-refractivity contribution in [3.8, 4) is 5.75 Å². The number of alkyl halides is 2. The fraction of sp³-hybridized carbons (Fsp3) is 0.222. The number of hydrogen-bond acceptors (Lipinski definition) is 4. The summed E-state index contributed by atoms with van der Waals surface area (Å²) in [6.07, 6.45) is 0. The topological polar surface area (TPSA) is 41.9 Å². The fourth-order valence-electron chi connectivity index (χ4n) is 2.39. The number of ether oxygens (including phenoxy) is 1. The van der Waals surface area contributed by atoms with E-state index in [1.54, 1.807) is 24.3 Å². The number of hydrogen-bond donors (Lipinski definition) is 0. The molecule has 0 saturated carbocycles. The van der Waals surface area contributed by atoms with Crippen LogP contribution in [0.2, 0.25) is 5.02 Å². The molecule has 0 saturated heterocycles. The molecule has 0 aliphatic carbocycles. The summed E-state index contributed by atoms with van der Waals surface area (Å²) in [5.74, 6) is 0.473. The van der Waals surface area contributed by atoms with Crippen LogP contribution in [0.25, 0.3) is 0 Å². The van der Waals surface area contributed by atoms with Gasteiger partial charge >= 0.3 is 6.61 Å². The first-order valence-electron chi connectivity index (χ1n) is 7.79. The molecule has 0 unspecified atom stereocenters. The average molecular weight is 397 g/mol. The number of rotatable bonds is 4. The van der Waals surface area contributed by atoms with Gasteiger partial charge in [0.15, 0.2) is 5.17 Å². The van der Waals surface area contributed by atoms with Crippen LogP contribution in [0.5, 0.6) is 5.75 Å². The van der Waals surface area contributed by atoms with Crippen molar-refractivity contribution in [1.29, 1.82) is 0 Å².